The molecule has 3 nitrogen and oxygen atoms in total. The number of nitrogens with one attached hydrogen (secondary N) is 2. The van der Waals surface area contributed by atoms with E-state index in [1.54, 1.807) is 7.11 Å². The predicted molar refractivity (Wildman–Crippen MR) is 82.2 cm³/mol. The number of rotatable bonds is 7. The second kappa shape index (κ2) is 8.03. The van der Waals surface area contributed by atoms with Crippen molar-refractivity contribution < 1.29 is 4.74 Å². The summed E-state index contributed by atoms with van der Waals surface area (Å²) in [6.45, 7) is 6.87. The minimum atomic E-state index is 0.0834. The number of likely N-dealkylation sites (N-methyl/N-ethyl adjacent to an activating group) is 1. The first kappa shape index (κ1) is 16.7. The van der Waals surface area contributed by atoms with E-state index in [4.69, 9.17) is 4.74 Å². The van der Waals surface area contributed by atoms with Crippen LogP contribution in [0.4, 0.5) is 0 Å². The van der Waals surface area contributed by atoms with Crippen LogP contribution in [0, 0.1) is 5.41 Å². The highest BCUT2D eigenvalue weighted by atomic mass is 16.5. The van der Waals surface area contributed by atoms with Crippen molar-refractivity contribution >= 4 is 0 Å². The Morgan fingerprint density at radius 2 is 2.11 bits per heavy atom. The topological polar surface area (TPSA) is 33.3 Å². The van der Waals surface area contributed by atoms with Gasteiger partial charge in [-0.1, -0.05) is 32.9 Å². The van der Waals surface area contributed by atoms with Gasteiger partial charge in [-0.15, -0.1) is 0 Å². The molecule has 1 aliphatic rings. The maximum atomic E-state index is 5.66. The molecular formula is C16H32N2O. The lowest BCUT2D eigenvalue weighted by molar-refractivity contribution is 0.0313. The van der Waals surface area contributed by atoms with Crippen molar-refractivity contribution in [3.05, 3.63) is 12.2 Å². The first-order chi connectivity index (χ1) is 8.96. The van der Waals surface area contributed by atoms with Crippen LogP contribution in [0.2, 0.25) is 0 Å². The van der Waals surface area contributed by atoms with E-state index in [0.29, 0.717) is 17.5 Å². The van der Waals surface area contributed by atoms with Gasteiger partial charge < -0.3 is 10.1 Å². The van der Waals surface area contributed by atoms with Crippen LogP contribution in [-0.4, -0.2) is 32.5 Å². The van der Waals surface area contributed by atoms with Gasteiger partial charge in [0.1, 0.15) is 6.23 Å². The van der Waals surface area contributed by atoms with Crippen LogP contribution in [0.25, 0.3) is 0 Å². The Morgan fingerprint density at radius 1 is 1.37 bits per heavy atom. The monoisotopic (exact) mass is 268 g/mol. The first-order valence-electron chi connectivity index (χ1n) is 7.59. The quantitative estimate of drug-likeness (QED) is 0.550. The minimum absolute atomic E-state index is 0.0834. The fourth-order valence-corrected chi connectivity index (χ4v) is 2.55. The second-order valence-electron chi connectivity index (χ2n) is 6.78. The third-order valence-electron chi connectivity index (χ3n) is 3.83. The molecule has 0 aromatic rings. The van der Waals surface area contributed by atoms with Gasteiger partial charge in [0.25, 0.3) is 0 Å². The Bertz CT molecular complexity index is 270. The van der Waals surface area contributed by atoms with Crippen LogP contribution < -0.4 is 10.6 Å². The summed E-state index contributed by atoms with van der Waals surface area (Å²) < 4.78 is 5.66. The zero-order valence-electron chi connectivity index (χ0n) is 13.3. The Balaban J connectivity index is 2.49. The molecule has 0 amide bonds. The lowest BCUT2D eigenvalue weighted by Crippen LogP contribution is -2.51. The molecule has 3 atom stereocenters. The first-order valence-corrected chi connectivity index (χ1v) is 7.59. The van der Waals surface area contributed by atoms with Crippen LogP contribution in [0.5, 0.6) is 0 Å². The normalized spacial score (nSPS) is 23.3. The summed E-state index contributed by atoms with van der Waals surface area (Å²) in [6.07, 6.45) is 10.7. The van der Waals surface area contributed by atoms with E-state index in [1.165, 1.54) is 25.7 Å². The highest BCUT2D eigenvalue weighted by Crippen LogP contribution is 2.23. The fourth-order valence-electron chi connectivity index (χ4n) is 2.55. The molecule has 112 valence electrons. The van der Waals surface area contributed by atoms with Gasteiger partial charge in [0.15, 0.2) is 0 Å². The summed E-state index contributed by atoms with van der Waals surface area (Å²) in [4.78, 5) is 0. The Hall–Kier alpha value is -0.380. The number of hydrogen-bond acceptors (Lipinski definition) is 3. The predicted octanol–water partition coefficient (Wildman–Crippen LogP) is 3.07. The Labute approximate surface area is 119 Å². The molecule has 0 heterocycles. The molecule has 0 aromatic carbocycles. The molecule has 0 aliphatic heterocycles. The smallest absolute Gasteiger partial charge is 0.123 e. The van der Waals surface area contributed by atoms with E-state index in [1.807, 2.05) is 7.05 Å². The van der Waals surface area contributed by atoms with Crippen molar-refractivity contribution in [1.82, 2.24) is 10.6 Å². The molecule has 19 heavy (non-hydrogen) atoms. The molecule has 0 fully saturated rings. The molecule has 3 unspecified atom stereocenters. The van der Waals surface area contributed by atoms with E-state index in [2.05, 4.69) is 43.6 Å². The summed E-state index contributed by atoms with van der Waals surface area (Å²) in [5, 5.41) is 7.02. The molecule has 2 N–H and O–H groups in total. The lowest BCUT2D eigenvalue weighted by atomic mass is 9.88. The van der Waals surface area contributed by atoms with Gasteiger partial charge in [-0.25, -0.2) is 0 Å². The zero-order valence-corrected chi connectivity index (χ0v) is 13.3. The highest BCUT2D eigenvalue weighted by Gasteiger charge is 2.24. The molecule has 3 heteroatoms. The number of methoxy groups -OCH3 is 1. The summed E-state index contributed by atoms with van der Waals surface area (Å²) in [7, 11) is 3.82. The molecule has 0 radical (unpaired) electrons. The van der Waals surface area contributed by atoms with Gasteiger partial charge in [-0.2, -0.15) is 0 Å². The SMILES string of the molecule is CNC(CCC(C)(C)C)C(NC1C=CCCC1)OC. The zero-order chi connectivity index (χ0) is 14.3. The van der Waals surface area contributed by atoms with Crippen LogP contribution in [0.3, 0.4) is 0 Å². The van der Waals surface area contributed by atoms with Gasteiger partial charge in [-0.05, 0) is 44.6 Å². The van der Waals surface area contributed by atoms with Crippen molar-refractivity contribution in [2.24, 2.45) is 5.41 Å². The molecule has 0 saturated heterocycles. The second-order valence-corrected chi connectivity index (χ2v) is 6.78. The molecule has 0 aromatic heterocycles. The lowest BCUT2D eigenvalue weighted by Gasteiger charge is -2.32. The van der Waals surface area contributed by atoms with E-state index >= 15 is 0 Å². The Morgan fingerprint density at radius 3 is 2.58 bits per heavy atom. The third-order valence-corrected chi connectivity index (χ3v) is 3.83. The summed E-state index contributed by atoms with van der Waals surface area (Å²) >= 11 is 0. The van der Waals surface area contributed by atoms with Crippen molar-refractivity contribution in [3.63, 3.8) is 0 Å². The number of ether oxygens (including phenoxy) is 1. The van der Waals surface area contributed by atoms with Gasteiger partial charge >= 0.3 is 0 Å². The van der Waals surface area contributed by atoms with E-state index in [-0.39, 0.29) is 6.23 Å². The standard InChI is InChI=1S/C16H32N2O/c1-16(2,3)12-11-14(17-4)15(19-5)18-13-9-7-6-8-10-13/h7,9,13-15,17-18H,6,8,10-12H2,1-5H3. The van der Waals surface area contributed by atoms with E-state index in [0.717, 1.165) is 6.42 Å². The van der Waals surface area contributed by atoms with E-state index in [9.17, 15) is 0 Å². The van der Waals surface area contributed by atoms with Crippen LogP contribution in [0.15, 0.2) is 12.2 Å². The van der Waals surface area contributed by atoms with Crippen LogP contribution in [0.1, 0.15) is 52.9 Å². The summed E-state index contributed by atoms with van der Waals surface area (Å²) in [6, 6.07) is 0.823. The Kier molecular flexibility index (Phi) is 7.05. The maximum Gasteiger partial charge on any atom is 0.123 e. The molecule has 1 aliphatic carbocycles. The van der Waals surface area contributed by atoms with E-state index < -0.39 is 0 Å². The molecule has 0 saturated carbocycles. The van der Waals surface area contributed by atoms with Crippen LogP contribution >= 0.6 is 0 Å². The molecular weight excluding hydrogens is 236 g/mol. The highest BCUT2D eigenvalue weighted by molar-refractivity contribution is 4.98. The number of allylic oxidation sites excluding steroid dienone is 1. The van der Waals surface area contributed by atoms with Crippen molar-refractivity contribution in [1.29, 1.82) is 0 Å². The van der Waals surface area contributed by atoms with Gasteiger partial charge in [0.05, 0.1) is 0 Å². The van der Waals surface area contributed by atoms with Gasteiger partial charge in [0.2, 0.25) is 0 Å². The average molecular weight is 268 g/mol. The molecule has 1 rings (SSSR count). The van der Waals surface area contributed by atoms with Crippen molar-refractivity contribution in [2.45, 2.75) is 71.2 Å². The largest absolute Gasteiger partial charge is 0.365 e. The minimum Gasteiger partial charge on any atom is -0.365 e. The summed E-state index contributed by atoms with van der Waals surface area (Å²) in [5.74, 6) is 0. The van der Waals surface area contributed by atoms with Gasteiger partial charge in [-0.3, -0.25) is 5.32 Å². The van der Waals surface area contributed by atoms with Gasteiger partial charge in [0, 0.05) is 19.2 Å². The van der Waals surface area contributed by atoms with Crippen molar-refractivity contribution in [2.75, 3.05) is 14.2 Å². The average Bonchev–Trinajstić information content (AvgIpc) is 2.38. The molecule has 0 spiro atoms. The van der Waals surface area contributed by atoms with Crippen LogP contribution in [-0.2, 0) is 4.74 Å². The fraction of sp³-hybridized carbons (Fsp3) is 0.875. The maximum absolute atomic E-state index is 5.66. The summed E-state index contributed by atoms with van der Waals surface area (Å²) in [5.41, 5.74) is 0.373. The van der Waals surface area contributed by atoms with Crippen molar-refractivity contribution in [3.8, 4) is 0 Å². The third kappa shape index (κ3) is 6.55. The molecule has 0 bridgehead atoms. The number of hydrogen-bond donors (Lipinski definition) is 2.